The number of nitrogens with zero attached hydrogens (tertiary/aromatic N) is 2. The van der Waals surface area contributed by atoms with Gasteiger partial charge >= 0.3 is 5.97 Å². The number of hydrogen-bond acceptors (Lipinski definition) is 8. The molecule has 9 heteroatoms. The lowest BCUT2D eigenvalue weighted by Gasteiger charge is -2.37. The minimum absolute atomic E-state index is 0.0570. The molecule has 1 aromatic rings. The molecule has 0 aromatic heterocycles. The summed E-state index contributed by atoms with van der Waals surface area (Å²) >= 11 is 1.43. The third kappa shape index (κ3) is 4.84. The Labute approximate surface area is 203 Å². The molecule has 1 amide bonds. The van der Waals surface area contributed by atoms with Crippen LogP contribution < -0.4 is 14.8 Å². The van der Waals surface area contributed by atoms with E-state index in [4.69, 9.17) is 14.2 Å². The molecule has 0 saturated heterocycles. The van der Waals surface area contributed by atoms with Gasteiger partial charge in [-0.05, 0) is 37.2 Å². The Morgan fingerprint density at radius 2 is 2.09 bits per heavy atom. The van der Waals surface area contributed by atoms with Crippen molar-refractivity contribution >= 4 is 28.8 Å². The number of hydrogen-bond donors (Lipinski definition) is 1. The Balaban J connectivity index is 1.74. The van der Waals surface area contributed by atoms with E-state index in [2.05, 4.69) is 16.9 Å². The molecule has 34 heavy (non-hydrogen) atoms. The lowest BCUT2D eigenvalue weighted by molar-refractivity contribution is -0.138. The number of carbonyl (C=O) groups excluding carboxylic acids is 2. The molecule has 1 atom stereocenters. The van der Waals surface area contributed by atoms with Gasteiger partial charge in [0.15, 0.2) is 16.7 Å². The standard InChI is InChI=1S/C25H29N3O5S/c1-5-11-33-24(30)21-15(2)27-25-28(17(14-34-25)12-20(29)26-13-16-9-10-16)22(21)18-7-6-8-19(31-3)23(18)32-4/h5-8,14,16,22H,1,9-13H2,2-4H3,(H,26,29)/t22-/m0/s1. The van der Waals surface area contributed by atoms with Gasteiger partial charge in [0.25, 0.3) is 0 Å². The molecule has 0 radical (unpaired) electrons. The highest BCUT2D eigenvalue weighted by atomic mass is 32.2. The van der Waals surface area contributed by atoms with E-state index in [0.29, 0.717) is 46.0 Å². The number of nitrogens with one attached hydrogen (secondary N) is 1. The third-order valence-electron chi connectivity index (χ3n) is 5.91. The fourth-order valence-corrected chi connectivity index (χ4v) is 5.04. The summed E-state index contributed by atoms with van der Waals surface area (Å²) in [5.41, 5.74) is 2.40. The van der Waals surface area contributed by atoms with Crippen LogP contribution in [0.1, 0.15) is 37.8 Å². The number of thioether (sulfide) groups is 1. The summed E-state index contributed by atoms with van der Waals surface area (Å²) in [5, 5.41) is 5.63. The molecule has 1 N–H and O–H groups in total. The predicted octanol–water partition coefficient (Wildman–Crippen LogP) is 3.92. The average Bonchev–Trinajstić information content (AvgIpc) is 3.60. The minimum Gasteiger partial charge on any atom is -0.493 e. The summed E-state index contributed by atoms with van der Waals surface area (Å²) in [4.78, 5) is 32.5. The molecule has 2 aliphatic heterocycles. The molecule has 3 aliphatic rings. The van der Waals surface area contributed by atoms with Crippen molar-refractivity contribution in [2.24, 2.45) is 10.9 Å². The van der Waals surface area contributed by atoms with Crippen molar-refractivity contribution in [1.82, 2.24) is 10.2 Å². The van der Waals surface area contributed by atoms with Gasteiger partial charge in [-0.1, -0.05) is 36.5 Å². The molecule has 2 heterocycles. The van der Waals surface area contributed by atoms with Crippen LogP contribution in [0.25, 0.3) is 0 Å². The summed E-state index contributed by atoms with van der Waals surface area (Å²) in [5.74, 6) is 1.09. The fourth-order valence-electron chi connectivity index (χ4n) is 4.07. The fraction of sp³-hybridized carbons (Fsp3) is 0.400. The highest BCUT2D eigenvalue weighted by Gasteiger charge is 2.42. The first kappa shape index (κ1) is 23.9. The monoisotopic (exact) mass is 483 g/mol. The summed E-state index contributed by atoms with van der Waals surface area (Å²) in [6, 6.07) is 4.93. The average molecular weight is 484 g/mol. The van der Waals surface area contributed by atoms with E-state index in [9.17, 15) is 9.59 Å². The van der Waals surface area contributed by atoms with E-state index in [0.717, 1.165) is 5.70 Å². The molecule has 0 unspecified atom stereocenters. The van der Waals surface area contributed by atoms with Crippen molar-refractivity contribution in [3.05, 3.63) is 58.8 Å². The maximum absolute atomic E-state index is 13.2. The van der Waals surface area contributed by atoms with E-state index < -0.39 is 12.0 Å². The third-order valence-corrected chi connectivity index (χ3v) is 6.80. The summed E-state index contributed by atoms with van der Waals surface area (Å²) in [6.07, 6.45) is 4.03. The Kier molecular flexibility index (Phi) is 7.31. The highest BCUT2D eigenvalue weighted by Crippen LogP contribution is 2.48. The zero-order valence-electron chi connectivity index (χ0n) is 19.6. The van der Waals surface area contributed by atoms with E-state index >= 15 is 0 Å². The number of carbonyl (C=O) groups is 2. The number of aliphatic imine (C=N–C) groups is 1. The topological polar surface area (TPSA) is 89.5 Å². The molecule has 180 valence electrons. The minimum atomic E-state index is -0.604. The number of ether oxygens (including phenoxy) is 3. The SMILES string of the molecule is C=CCOC(=O)C1=C(C)N=C2SC=C(CC(=O)NCC3CC3)N2[C@H]1c1cccc(OC)c1OC. The molecule has 1 aromatic carbocycles. The van der Waals surface area contributed by atoms with Crippen LogP contribution in [0, 0.1) is 5.92 Å². The number of allylic oxidation sites excluding steroid dienone is 1. The van der Waals surface area contributed by atoms with E-state index in [1.54, 1.807) is 27.2 Å². The van der Waals surface area contributed by atoms with Crippen molar-refractivity contribution in [1.29, 1.82) is 0 Å². The van der Waals surface area contributed by atoms with Crippen molar-refractivity contribution in [2.75, 3.05) is 27.4 Å². The first-order valence-electron chi connectivity index (χ1n) is 11.2. The predicted molar refractivity (Wildman–Crippen MR) is 131 cm³/mol. The number of para-hydroxylation sites is 1. The Morgan fingerprint density at radius 1 is 1.29 bits per heavy atom. The number of esters is 1. The zero-order chi connectivity index (χ0) is 24.2. The van der Waals surface area contributed by atoms with Gasteiger partial charge in [-0.25, -0.2) is 9.79 Å². The first-order valence-corrected chi connectivity index (χ1v) is 12.1. The zero-order valence-corrected chi connectivity index (χ0v) is 20.4. The largest absolute Gasteiger partial charge is 0.493 e. The van der Waals surface area contributed by atoms with Crippen LogP contribution in [0.2, 0.25) is 0 Å². The molecular formula is C25H29N3O5S. The second-order valence-corrected chi connectivity index (χ2v) is 9.12. The van der Waals surface area contributed by atoms with Crippen molar-refractivity contribution < 1.29 is 23.8 Å². The summed E-state index contributed by atoms with van der Waals surface area (Å²) in [7, 11) is 3.13. The van der Waals surface area contributed by atoms with Crippen LogP contribution >= 0.6 is 11.8 Å². The van der Waals surface area contributed by atoms with Crippen molar-refractivity contribution in [2.45, 2.75) is 32.2 Å². The summed E-state index contributed by atoms with van der Waals surface area (Å²) in [6.45, 7) is 6.20. The molecular weight excluding hydrogens is 454 g/mol. The molecule has 1 saturated carbocycles. The van der Waals surface area contributed by atoms with Gasteiger partial charge in [0.05, 0.1) is 38.0 Å². The van der Waals surface area contributed by atoms with Crippen LogP contribution in [0.5, 0.6) is 11.5 Å². The Bertz CT molecular complexity index is 1090. The van der Waals surface area contributed by atoms with E-state index in [1.807, 2.05) is 22.4 Å². The lowest BCUT2D eigenvalue weighted by Crippen LogP contribution is -2.38. The van der Waals surface area contributed by atoms with E-state index in [-0.39, 0.29) is 18.9 Å². The van der Waals surface area contributed by atoms with Gasteiger partial charge in [0.1, 0.15) is 6.61 Å². The van der Waals surface area contributed by atoms with Gasteiger partial charge in [-0.15, -0.1) is 0 Å². The highest BCUT2D eigenvalue weighted by molar-refractivity contribution is 8.16. The number of fused-ring (bicyclic) bond motifs is 1. The normalized spacial score (nSPS) is 19.1. The molecule has 0 spiro atoms. The quantitative estimate of drug-likeness (QED) is 0.398. The first-order chi connectivity index (χ1) is 16.5. The van der Waals surface area contributed by atoms with Crippen molar-refractivity contribution in [3.8, 4) is 11.5 Å². The number of rotatable bonds is 10. The maximum Gasteiger partial charge on any atom is 0.338 e. The van der Waals surface area contributed by atoms with Crippen LogP contribution in [0.3, 0.4) is 0 Å². The van der Waals surface area contributed by atoms with E-state index in [1.165, 1.54) is 30.7 Å². The van der Waals surface area contributed by atoms with Gasteiger partial charge in [-0.3, -0.25) is 4.79 Å². The molecule has 1 aliphatic carbocycles. The second kappa shape index (κ2) is 10.4. The second-order valence-electron chi connectivity index (χ2n) is 8.29. The number of amides is 1. The molecule has 8 nitrogen and oxygen atoms in total. The number of amidine groups is 1. The van der Waals surface area contributed by atoms with Gasteiger partial charge in [-0.2, -0.15) is 0 Å². The molecule has 0 bridgehead atoms. The van der Waals surface area contributed by atoms with Crippen LogP contribution in [-0.2, 0) is 14.3 Å². The molecule has 4 rings (SSSR count). The maximum atomic E-state index is 13.2. The number of methoxy groups -OCH3 is 2. The molecule has 1 fully saturated rings. The lowest BCUT2D eigenvalue weighted by atomic mass is 9.92. The smallest absolute Gasteiger partial charge is 0.338 e. The van der Waals surface area contributed by atoms with Crippen molar-refractivity contribution in [3.63, 3.8) is 0 Å². The van der Waals surface area contributed by atoms with Gasteiger partial charge < -0.3 is 24.4 Å². The van der Waals surface area contributed by atoms with Crippen LogP contribution in [0.4, 0.5) is 0 Å². The Morgan fingerprint density at radius 3 is 2.76 bits per heavy atom. The van der Waals surface area contributed by atoms with Crippen LogP contribution in [0.15, 0.2) is 58.2 Å². The number of benzene rings is 1. The summed E-state index contributed by atoms with van der Waals surface area (Å²) < 4.78 is 16.7. The van der Waals surface area contributed by atoms with Gasteiger partial charge in [0, 0.05) is 17.8 Å². The van der Waals surface area contributed by atoms with Gasteiger partial charge in [0.2, 0.25) is 5.91 Å². The Hall–Kier alpha value is -3.20. The van der Waals surface area contributed by atoms with Crippen LogP contribution in [-0.4, -0.2) is 49.3 Å².